The molecule has 0 spiro atoms. The van der Waals surface area contributed by atoms with Crippen molar-refractivity contribution in [3.63, 3.8) is 0 Å². The molecule has 0 unspecified atom stereocenters. The zero-order valence-electron chi connectivity index (χ0n) is 20.3. The lowest BCUT2D eigenvalue weighted by atomic mass is 10.0. The Bertz CT molecular complexity index is 1220. The van der Waals surface area contributed by atoms with Crippen LogP contribution in [0.3, 0.4) is 0 Å². The van der Waals surface area contributed by atoms with Gasteiger partial charge in [-0.1, -0.05) is 84.6 Å². The molecule has 1 saturated carbocycles. The standard InChI is InChI=1S/C29H29BrCl2N2O3/c30-24-17-22(31)14-15-27(24)37-19-28(35)34(18-21-10-4-7-13-25(21)32)26(16-20-8-2-1-3-9-20)29(36)33-23-11-5-6-12-23/h1-4,7-10,13-15,17,23,26H,5-6,11-12,16,18-19H2,(H,33,36)/t26-/m0/s1. The predicted molar refractivity (Wildman–Crippen MR) is 151 cm³/mol. The van der Waals surface area contributed by atoms with Gasteiger partial charge in [-0.15, -0.1) is 0 Å². The van der Waals surface area contributed by atoms with Gasteiger partial charge in [0.25, 0.3) is 5.91 Å². The fraction of sp³-hybridized carbons (Fsp3) is 0.310. The van der Waals surface area contributed by atoms with Gasteiger partial charge in [0.15, 0.2) is 6.61 Å². The highest BCUT2D eigenvalue weighted by Crippen LogP contribution is 2.28. The largest absolute Gasteiger partial charge is 0.483 e. The van der Waals surface area contributed by atoms with Crippen LogP contribution in [0, 0.1) is 0 Å². The summed E-state index contributed by atoms with van der Waals surface area (Å²) >= 11 is 15.9. The number of hydrogen-bond acceptors (Lipinski definition) is 3. The zero-order chi connectivity index (χ0) is 26.2. The first kappa shape index (κ1) is 27.5. The van der Waals surface area contributed by atoms with Crippen molar-refractivity contribution in [3.05, 3.63) is 98.4 Å². The molecule has 8 heteroatoms. The molecule has 4 rings (SSSR count). The van der Waals surface area contributed by atoms with Gasteiger partial charge in [0, 0.05) is 29.1 Å². The number of amides is 2. The first-order chi connectivity index (χ1) is 17.9. The first-order valence-electron chi connectivity index (χ1n) is 12.4. The van der Waals surface area contributed by atoms with E-state index >= 15 is 0 Å². The second-order valence-corrected chi connectivity index (χ2v) is 10.9. The maximum Gasteiger partial charge on any atom is 0.261 e. The fourth-order valence-electron chi connectivity index (χ4n) is 4.55. The van der Waals surface area contributed by atoms with E-state index in [-0.39, 0.29) is 31.0 Å². The quantitative estimate of drug-likeness (QED) is 0.276. The number of carbonyl (C=O) groups is 2. The number of carbonyl (C=O) groups excluding carboxylic acids is 2. The van der Waals surface area contributed by atoms with Crippen LogP contribution >= 0.6 is 39.1 Å². The normalized spacial score (nSPS) is 14.2. The zero-order valence-corrected chi connectivity index (χ0v) is 23.4. The van der Waals surface area contributed by atoms with Crippen LogP contribution in [-0.4, -0.2) is 35.4 Å². The van der Waals surface area contributed by atoms with Crippen LogP contribution in [0.4, 0.5) is 0 Å². The van der Waals surface area contributed by atoms with E-state index in [1.54, 1.807) is 29.2 Å². The molecular weight excluding hydrogens is 575 g/mol. The summed E-state index contributed by atoms with van der Waals surface area (Å²) in [6.07, 6.45) is 4.48. The van der Waals surface area contributed by atoms with Crippen LogP contribution < -0.4 is 10.1 Å². The van der Waals surface area contributed by atoms with Crippen molar-refractivity contribution in [1.82, 2.24) is 10.2 Å². The van der Waals surface area contributed by atoms with Crippen LogP contribution in [0.25, 0.3) is 0 Å². The van der Waals surface area contributed by atoms with Crippen LogP contribution in [-0.2, 0) is 22.6 Å². The summed E-state index contributed by atoms with van der Waals surface area (Å²) in [6, 6.07) is 21.6. The third-order valence-electron chi connectivity index (χ3n) is 6.52. The third-order valence-corrected chi connectivity index (χ3v) is 7.74. The number of nitrogens with zero attached hydrogens (tertiary/aromatic N) is 1. The predicted octanol–water partition coefficient (Wildman–Crippen LogP) is 6.83. The van der Waals surface area contributed by atoms with E-state index < -0.39 is 6.04 Å². The Morgan fingerprint density at radius 2 is 1.70 bits per heavy atom. The Morgan fingerprint density at radius 3 is 2.41 bits per heavy atom. The molecular formula is C29H29BrCl2N2O3. The van der Waals surface area contributed by atoms with Crippen molar-refractivity contribution in [3.8, 4) is 5.75 Å². The van der Waals surface area contributed by atoms with Gasteiger partial charge in [0.05, 0.1) is 4.47 Å². The molecule has 0 aliphatic heterocycles. The molecule has 0 bridgehead atoms. The van der Waals surface area contributed by atoms with Gasteiger partial charge in [0.2, 0.25) is 5.91 Å². The number of hydrogen-bond donors (Lipinski definition) is 1. The molecule has 1 N–H and O–H groups in total. The molecule has 0 heterocycles. The van der Waals surface area contributed by atoms with Gasteiger partial charge in [-0.3, -0.25) is 9.59 Å². The minimum atomic E-state index is -0.732. The van der Waals surface area contributed by atoms with Gasteiger partial charge in [0.1, 0.15) is 11.8 Å². The monoisotopic (exact) mass is 602 g/mol. The Morgan fingerprint density at radius 1 is 1.00 bits per heavy atom. The van der Waals surface area contributed by atoms with Gasteiger partial charge >= 0.3 is 0 Å². The number of nitrogens with one attached hydrogen (secondary N) is 1. The summed E-state index contributed by atoms with van der Waals surface area (Å²) in [6.45, 7) is -0.0636. The average Bonchev–Trinajstić information content (AvgIpc) is 3.40. The molecule has 3 aromatic rings. The molecule has 37 heavy (non-hydrogen) atoms. The Balaban J connectivity index is 1.63. The fourth-order valence-corrected chi connectivity index (χ4v) is 5.54. The highest BCUT2D eigenvalue weighted by molar-refractivity contribution is 9.10. The molecule has 2 amide bonds. The third kappa shape index (κ3) is 7.73. The molecule has 3 aromatic carbocycles. The summed E-state index contributed by atoms with van der Waals surface area (Å²) in [5, 5.41) is 4.29. The second kappa shape index (κ2) is 13.3. The molecule has 0 saturated heterocycles. The summed E-state index contributed by atoms with van der Waals surface area (Å²) in [5.74, 6) is 0.0126. The molecule has 1 fully saturated rings. The number of halogens is 3. The SMILES string of the molecule is O=C(NC1CCCC1)[C@H](Cc1ccccc1)N(Cc1ccccc1Cl)C(=O)COc1ccc(Cl)cc1Br. The van der Waals surface area contributed by atoms with Crippen molar-refractivity contribution in [2.45, 2.75) is 50.7 Å². The average molecular weight is 604 g/mol. The minimum Gasteiger partial charge on any atom is -0.483 e. The van der Waals surface area contributed by atoms with Crippen LogP contribution in [0.15, 0.2) is 77.3 Å². The first-order valence-corrected chi connectivity index (χ1v) is 13.9. The Hall–Kier alpha value is -2.54. The van der Waals surface area contributed by atoms with Gasteiger partial charge in [-0.05, 0) is 64.2 Å². The Kier molecular flexibility index (Phi) is 9.89. The lowest BCUT2D eigenvalue weighted by molar-refractivity contribution is -0.143. The molecule has 194 valence electrons. The minimum absolute atomic E-state index is 0.129. The van der Waals surface area contributed by atoms with Crippen molar-refractivity contribution in [1.29, 1.82) is 0 Å². The van der Waals surface area contributed by atoms with E-state index in [4.69, 9.17) is 27.9 Å². The summed E-state index contributed by atoms with van der Waals surface area (Å²) < 4.78 is 6.50. The number of ether oxygens (including phenoxy) is 1. The van der Waals surface area contributed by atoms with Crippen molar-refractivity contribution in [2.75, 3.05) is 6.61 Å². The highest BCUT2D eigenvalue weighted by atomic mass is 79.9. The highest BCUT2D eigenvalue weighted by Gasteiger charge is 2.32. The lowest BCUT2D eigenvalue weighted by Gasteiger charge is -2.32. The van der Waals surface area contributed by atoms with E-state index in [9.17, 15) is 9.59 Å². The maximum absolute atomic E-state index is 13.7. The van der Waals surface area contributed by atoms with Crippen molar-refractivity contribution >= 4 is 50.9 Å². The Labute approximate surface area is 236 Å². The van der Waals surface area contributed by atoms with Crippen LogP contribution in [0.2, 0.25) is 10.0 Å². The van der Waals surface area contributed by atoms with E-state index in [1.165, 1.54) is 0 Å². The van der Waals surface area contributed by atoms with Gasteiger partial charge < -0.3 is 15.0 Å². The number of rotatable bonds is 10. The lowest BCUT2D eigenvalue weighted by Crippen LogP contribution is -2.53. The molecule has 1 aliphatic rings. The van der Waals surface area contributed by atoms with E-state index in [1.807, 2.05) is 48.5 Å². The molecule has 1 aliphatic carbocycles. The van der Waals surface area contributed by atoms with E-state index in [0.717, 1.165) is 36.8 Å². The van der Waals surface area contributed by atoms with E-state index in [0.29, 0.717) is 26.7 Å². The van der Waals surface area contributed by atoms with Crippen molar-refractivity contribution < 1.29 is 14.3 Å². The van der Waals surface area contributed by atoms with Gasteiger partial charge in [-0.25, -0.2) is 0 Å². The maximum atomic E-state index is 13.7. The smallest absolute Gasteiger partial charge is 0.261 e. The molecule has 0 radical (unpaired) electrons. The summed E-state index contributed by atoms with van der Waals surface area (Å²) in [4.78, 5) is 29.0. The van der Waals surface area contributed by atoms with E-state index in [2.05, 4.69) is 21.2 Å². The summed E-state index contributed by atoms with van der Waals surface area (Å²) in [5.41, 5.74) is 1.73. The van der Waals surface area contributed by atoms with Crippen molar-refractivity contribution in [2.24, 2.45) is 0 Å². The molecule has 1 atom stereocenters. The second-order valence-electron chi connectivity index (χ2n) is 9.17. The van der Waals surface area contributed by atoms with Crippen LogP contribution in [0.5, 0.6) is 5.75 Å². The molecule has 5 nitrogen and oxygen atoms in total. The molecule has 0 aromatic heterocycles. The number of benzene rings is 3. The van der Waals surface area contributed by atoms with Crippen LogP contribution in [0.1, 0.15) is 36.8 Å². The topological polar surface area (TPSA) is 58.6 Å². The van der Waals surface area contributed by atoms with Gasteiger partial charge in [-0.2, -0.15) is 0 Å². The summed E-state index contributed by atoms with van der Waals surface area (Å²) in [7, 11) is 0.